The molecule has 1 aromatic carbocycles. The Morgan fingerprint density at radius 1 is 1.27 bits per heavy atom. The molecule has 2 aromatic rings. The molecule has 0 bridgehead atoms. The van der Waals surface area contributed by atoms with Crippen molar-refractivity contribution in [3.8, 4) is 5.75 Å². The minimum atomic E-state index is -0.0571. The van der Waals surface area contributed by atoms with Gasteiger partial charge in [0, 0.05) is 19.7 Å². The number of nitrogens with one attached hydrogen (secondary N) is 1. The Morgan fingerprint density at radius 2 is 2.04 bits per heavy atom. The van der Waals surface area contributed by atoms with Crippen LogP contribution in [0.3, 0.4) is 0 Å². The first kappa shape index (κ1) is 18.3. The quantitative estimate of drug-likeness (QED) is 0.896. The number of nitrogens with zero attached hydrogens (tertiary/aromatic N) is 3. The normalized spacial score (nSPS) is 17.7. The fourth-order valence-electron chi connectivity index (χ4n) is 3.52. The van der Waals surface area contributed by atoms with Crippen molar-refractivity contribution in [1.29, 1.82) is 0 Å². The summed E-state index contributed by atoms with van der Waals surface area (Å²) in [6, 6.07) is 10.0. The number of amides is 2. The molecule has 1 aliphatic heterocycles. The highest BCUT2D eigenvalue weighted by Gasteiger charge is 2.27. The van der Waals surface area contributed by atoms with E-state index >= 15 is 0 Å². The minimum Gasteiger partial charge on any atom is -0.497 e. The van der Waals surface area contributed by atoms with Gasteiger partial charge in [-0.3, -0.25) is 10.00 Å². The summed E-state index contributed by atoms with van der Waals surface area (Å²) >= 11 is 0. The summed E-state index contributed by atoms with van der Waals surface area (Å²) in [7, 11) is 3.52. The number of ether oxygens (including phenoxy) is 1. The zero-order valence-corrected chi connectivity index (χ0v) is 15.9. The van der Waals surface area contributed by atoms with E-state index in [2.05, 4.69) is 29.5 Å². The van der Waals surface area contributed by atoms with Crippen LogP contribution in [0.4, 0.5) is 10.6 Å². The summed E-state index contributed by atoms with van der Waals surface area (Å²) < 4.78 is 6.99. The Balaban J connectivity index is 1.80. The van der Waals surface area contributed by atoms with Crippen LogP contribution in [-0.4, -0.2) is 34.4 Å². The van der Waals surface area contributed by atoms with Crippen molar-refractivity contribution in [2.45, 2.75) is 45.1 Å². The lowest BCUT2D eigenvalue weighted by Gasteiger charge is -2.30. The third-order valence-corrected chi connectivity index (χ3v) is 5.04. The number of hydrogen-bond acceptors (Lipinski definition) is 3. The molecule has 6 heteroatoms. The molecular formula is C20H28N4O2. The summed E-state index contributed by atoms with van der Waals surface area (Å²) in [4.78, 5) is 15.0. The van der Waals surface area contributed by atoms with E-state index in [1.54, 1.807) is 11.8 Å². The van der Waals surface area contributed by atoms with Gasteiger partial charge in [0.15, 0.2) is 0 Å². The van der Waals surface area contributed by atoms with Gasteiger partial charge in [0.2, 0.25) is 0 Å². The average Bonchev–Trinajstić information content (AvgIpc) is 2.86. The van der Waals surface area contributed by atoms with Crippen molar-refractivity contribution < 1.29 is 9.53 Å². The number of aryl methyl sites for hydroxylation is 2. The van der Waals surface area contributed by atoms with Gasteiger partial charge in [-0.25, -0.2) is 4.79 Å². The largest absolute Gasteiger partial charge is 0.497 e. The summed E-state index contributed by atoms with van der Waals surface area (Å²) in [6.45, 7) is 2.82. The van der Waals surface area contributed by atoms with E-state index in [0.717, 1.165) is 61.5 Å². The SMILES string of the molecule is CCc1cc(NC(=O)N2CCCCCC2c2ccc(OC)cc2)n(C)n1. The molecule has 0 saturated carbocycles. The van der Waals surface area contributed by atoms with Gasteiger partial charge in [0.1, 0.15) is 11.6 Å². The van der Waals surface area contributed by atoms with Crippen LogP contribution in [0.5, 0.6) is 5.75 Å². The Hall–Kier alpha value is -2.50. The van der Waals surface area contributed by atoms with Crippen molar-refractivity contribution in [1.82, 2.24) is 14.7 Å². The number of carbonyl (C=O) groups is 1. The number of benzene rings is 1. The third-order valence-electron chi connectivity index (χ3n) is 5.04. The number of likely N-dealkylation sites (tertiary alicyclic amines) is 1. The Labute approximate surface area is 155 Å². The molecule has 6 nitrogen and oxygen atoms in total. The van der Waals surface area contributed by atoms with Crippen molar-refractivity contribution in [2.75, 3.05) is 19.0 Å². The highest BCUT2D eigenvalue weighted by atomic mass is 16.5. The zero-order valence-electron chi connectivity index (χ0n) is 15.9. The van der Waals surface area contributed by atoms with E-state index in [4.69, 9.17) is 4.74 Å². The molecule has 0 aliphatic carbocycles. The van der Waals surface area contributed by atoms with Gasteiger partial charge in [-0.1, -0.05) is 31.9 Å². The molecule has 3 rings (SSSR count). The predicted octanol–water partition coefficient (Wildman–Crippen LogP) is 4.14. The van der Waals surface area contributed by atoms with Crippen LogP contribution in [0, 0.1) is 0 Å². The fourth-order valence-corrected chi connectivity index (χ4v) is 3.52. The number of carbonyl (C=O) groups excluding carboxylic acids is 1. The van der Waals surface area contributed by atoms with E-state index in [1.165, 1.54) is 0 Å². The van der Waals surface area contributed by atoms with Crippen LogP contribution in [0.25, 0.3) is 0 Å². The number of aromatic nitrogens is 2. The van der Waals surface area contributed by atoms with Gasteiger partial charge in [-0.15, -0.1) is 0 Å². The Morgan fingerprint density at radius 3 is 2.69 bits per heavy atom. The molecule has 1 aliphatic rings. The van der Waals surface area contributed by atoms with Crippen LogP contribution in [-0.2, 0) is 13.5 Å². The van der Waals surface area contributed by atoms with Crippen molar-refractivity contribution in [3.63, 3.8) is 0 Å². The van der Waals surface area contributed by atoms with Crippen molar-refractivity contribution in [2.24, 2.45) is 7.05 Å². The van der Waals surface area contributed by atoms with Crippen molar-refractivity contribution in [3.05, 3.63) is 41.6 Å². The Kier molecular flexibility index (Phi) is 5.81. The predicted molar refractivity (Wildman–Crippen MR) is 103 cm³/mol. The summed E-state index contributed by atoms with van der Waals surface area (Å²) in [5, 5.41) is 7.46. The first-order chi connectivity index (χ1) is 12.6. The van der Waals surface area contributed by atoms with Crippen LogP contribution >= 0.6 is 0 Å². The standard InChI is InChI=1S/C20H28N4O2/c1-4-16-14-19(23(2)22-16)21-20(25)24-13-7-5-6-8-18(24)15-9-11-17(26-3)12-10-15/h9-12,14,18H,4-8,13H2,1-3H3,(H,21,25). The molecule has 26 heavy (non-hydrogen) atoms. The van der Waals surface area contributed by atoms with E-state index < -0.39 is 0 Å². The van der Waals surface area contributed by atoms with Gasteiger partial charge in [0.25, 0.3) is 0 Å². The second kappa shape index (κ2) is 8.25. The highest BCUT2D eigenvalue weighted by molar-refractivity contribution is 5.88. The summed E-state index contributed by atoms with van der Waals surface area (Å²) in [5.74, 6) is 1.57. The fraction of sp³-hybridized carbons (Fsp3) is 0.500. The molecule has 1 N–H and O–H groups in total. The number of anilines is 1. The van der Waals surface area contributed by atoms with E-state index in [0.29, 0.717) is 0 Å². The van der Waals surface area contributed by atoms with E-state index in [1.807, 2.05) is 30.1 Å². The number of rotatable bonds is 4. The molecule has 1 unspecified atom stereocenters. The topological polar surface area (TPSA) is 59.4 Å². The number of urea groups is 1. The molecule has 0 radical (unpaired) electrons. The third kappa shape index (κ3) is 4.00. The Bertz CT molecular complexity index is 739. The van der Waals surface area contributed by atoms with Crippen LogP contribution in [0.1, 0.15) is 49.9 Å². The number of hydrogen-bond donors (Lipinski definition) is 1. The van der Waals surface area contributed by atoms with Gasteiger partial charge >= 0.3 is 6.03 Å². The van der Waals surface area contributed by atoms with E-state index in [-0.39, 0.29) is 12.1 Å². The maximum Gasteiger partial charge on any atom is 0.323 e. The monoisotopic (exact) mass is 356 g/mol. The number of methoxy groups -OCH3 is 1. The first-order valence-corrected chi connectivity index (χ1v) is 9.37. The summed E-state index contributed by atoms with van der Waals surface area (Å²) in [6.07, 6.45) is 5.15. The second-order valence-corrected chi connectivity index (χ2v) is 6.76. The first-order valence-electron chi connectivity index (χ1n) is 9.37. The molecule has 0 spiro atoms. The van der Waals surface area contributed by atoms with Crippen LogP contribution in [0.15, 0.2) is 30.3 Å². The smallest absolute Gasteiger partial charge is 0.323 e. The molecule has 2 amide bonds. The van der Waals surface area contributed by atoms with Gasteiger partial charge in [-0.05, 0) is 37.0 Å². The van der Waals surface area contributed by atoms with Gasteiger partial charge in [-0.2, -0.15) is 5.10 Å². The molecule has 2 heterocycles. The van der Waals surface area contributed by atoms with Crippen LogP contribution < -0.4 is 10.1 Å². The lowest BCUT2D eigenvalue weighted by Crippen LogP contribution is -2.38. The molecule has 1 saturated heterocycles. The van der Waals surface area contributed by atoms with Crippen molar-refractivity contribution >= 4 is 11.8 Å². The zero-order chi connectivity index (χ0) is 18.5. The van der Waals surface area contributed by atoms with E-state index in [9.17, 15) is 4.79 Å². The lowest BCUT2D eigenvalue weighted by atomic mass is 10.0. The molecule has 1 atom stereocenters. The lowest BCUT2D eigenvalue weighted by molar-refractivity contribution is 0.189. The van der Waals surface area contributed by atoms with Crippen LogP contribution in [0.2, 0.25) is 0 Å². The molecule has 1 aromatic heterocycles. The maximum atomic E-state index is 13.0. The average molecular weight is 356 g/mol. The maximum absolute atomic E-state index is 13.0. The molecule has 1 fully saturated rings. The minimum absolute atomic E-state index is 0.0571. The second-order valence-electron chi connectivity index (χ2n) is 6.76. The highest BCUT2D eigenvalue weighted by Crippen LogP contribution is 2.31. The molecule has 140 valence electrons. The van der Waals surface area contributed by atoms with Gasteiger partial charge < -0.3 is 9.64 Å². The summed E-state index contributed by atoms with van der Waals surface area (Å²) in [5.41, 5.74) is 2.13. The van der Waals surface area contributed by atoms with Gasteiger partial charge in [0.05, 0.1) is 18.8 Å². The molecular weight excluding hydrogens is 328 g/mol.